The summed E-state index contributed by atoms with van der Waals surface area (Å²) in [6.45, 7) is 1.86. The summed E-state index contributed by atoms with van der Waals surface area (Å²) in [5.74, 6) is 0.740. The molecule has 0 aromatic carbocycles. The van der Waals surface area contributed by atoms with Gasteiger partial charge < -0.3 is 0 Å². The predicted octanol–water partition coefficient (Wildman–Crippen LogP) is 3.86. The molecule has 0 fully saturated rings. The Kier molecular flexibility index (Phi) is 3.94. The fourth-order valence-corrected chi connectivity index (χ4v) is 3.05. The maximum Gasteiger partial charge on any atom is 0.127 e. The lowest BCUT2D eigenvalue weighted by molar-refractivity contribution is 0.947. The molecule has 0 aliphatic heterocycles. The Morgan fingerprint density at radius 3 is 2.75 bits per heavy atom. The Morgan fingerprint density at radius 1 is 1.25 bits per heavy atom. The van der Waals surface area contributed by atoms with Crippen LogP contribution in [0.25, 0.3) is 0 Å². The highest BCUT2D eigenvalue weighted by molar-refractivity contribution is 9.10. The molecule has 0 aliphatic rings. The highest BCUT2D eigenvalue weighted by Crippen LogP contribution is 2.30. The van der Waals surface area contributed by atoms with E-state index in [2.05, 4.69) is 46.8 Å². The first-order valence-corrected chi connectivity index (χ1v) is 6.85. The number of hydrogen-bond acceptors (Lipinski definition) is 4. The van der Waals surface area contributed by atoms with Gasteiger partial charge in [-0.25, -0.2) is 15.0 Å². The third-order valence-electron chi connectivity index (χ3n) is 1.71. The van der Waals surface area contributed by atoms with Gasteiger partial charge in [-0.15, -0.1) is 0 Å². The maximum atomic E-state index is 4.33. The Bertz CT molecular complexity index is 499. The quantitative estimate of drug-likeness (QED) is 0.762. The molecular formula is C10H7Br2N3S. The van der Waals surface area contributed by atoms with Crippen LogP contribution in [0.15, 0.2) is 43.5 Å². The van der Waals surface area contributed by atoms with Gasteiger partial charge in [0.1, 0.15) is 20.5 Å². The zero-order chi connectivity index (χ0) is 11.5. The summed E-state index contributed by atoms with van der Waals surface area (Å²) in [6.07, 6.45) is 1.76. The molecule has 6 heteroatoms. The van der Waals surface area contributed by atoms with E-state index in [4.69, 9.17) is 0 Å². The van der Waals surface area contributed by atoms with Gasteiger partial charge in [0.05, 0.1) is 4.47 Å². The Labute approximate surface area is 114 Å². The van der Waals surface area contributed by atoms with Gasteiger partial charge in [0, 0.05) is 12.3 Å². The molecule has 2 aromatic heterocycles. The first-order valence-electron chi connectivity index (χ1n) is 4.45. The molecule has 0 N–H and O–H groups in total. The van der Waals surface area contributed by atoms with Crippen LogP contribution in [-0.2, 0) is 0 Å². The summed E-state index contributed by atoms with van der Waals surface area (Å²) < 4.78 is 1.75. The van der Waals surface area contributed by atoms with Crippen LogP contribution in [0.3, 0.4) is 0 Å². The van der Waals surface area contributed by atoms with E-state index in [0.717, 1.165) is 25.0 Å². The van der Waals surface area contributed by atoms with Gasteiger partial charge in [-0.2, -0.15) is 0 Å². The van der Waals surface area contributed by atoms with Crippen molar-refractivity contribution in [1.29, 1.82) is 0 Å². The van der Waals surface area contributed by atoms with Crippen LogP contribution in [0.1, 0.15) is 5.82 Å². The molecule has 2 aromatic rings. The van der Waals surface area contributed by atoms with E-state index in [0.29, 0.717) is 0 Å². The highest BCUT2D eigenvalue weighted by Gasteiger charge is 2.06. The van der Waals surface area contributed by atoms with Crippen LogP contribution in [0, 0.1) is 6.92 Å². The van der Waals surface area contributed by atoms with Crippen LogP contribution in [-0.4, -0.2) is 15.0 Å². The summed E-state index contributed by atoms with van der Waals surface area (Å²) in [7, 11) is 0. The molecule has 3 nitrogen and oxygen atoms in total. The van der Waals surface area contributed by atoms with E-state index in [1.165, 1.54) is 11.8 Å². The number of halogens is 2. The smallest absolute Gasteiger partial charge is 0.127 e. The van der Waals surface area contributed by atoms with Crippen molar-refractivity contribution in [2.24, 2.45) is 0 Å². The SMILES string of the molecule is Cc1nc(Br)cc(Sc2ncccc2Br)n1. The lowest BCUT2D eigenvalue weighted by atomic mass is 10.5. The summed E-state index contributed by atoms with van der Waals surface area (Å²) in [4.78, 5) is 12.8. The van der Waals surface area contributed by atoms with E-state index >= 15 is 0 Å². The third-order valence-corrected chi connectivity index (χ3v) is 3.95. The first kappa shape index (κ1) is 12.0. The molecule has 2 rings (SSSR count). The third kappa shape index (κ3) is 3.02. The van der Waals surface area contributed by atoms with Gasteiger partial charge in [0.25, 0.3) is 0 Å². The first-order chi connectivity index (χ1) is 7.65. The van der Waals surface area contributed by atoms with E-state index < -0.39 is 0 Å². The van der Waals surface area contributed by atoms with Gasteiger partial charge in [0.15, 0.2) is 0 Å². The van der Waals surface area contributed by atoms with Crippen LogP contribution in [0.5, 0.6) is 0 Å². The van der Waals surface area contributed by atoms with Crippen molar-refractivity contribution >= 4 is 43.6 Å². The summed E-state index contributed by atoms with van der Waals surface area (Å²) >= 11 is 8.30. The number of aromatic nitrogens is 3. The van der Waals surface area contributed by atoms with E-state index in [1.54, 1.807) is 6.20 Å². The summed E-state index contributed by atoms with van der Waals surface area (Å²) in [6, 6.07) is 5.71. The van der Waals surface area contributed by atoms with Crippen molar-refractivity contribution in [2.45, 2.75) is 17.0 Å². The lowest BCUT2D eigenvalue weighted by Gasteiger charge is -2.03. The van der Waals surface area contributed by atoms with Crippen LogP contribution < -0.4 is 0 Å². The molecule has 82 valence electrons. The van der Waals surface area contributed by atoms with Crippen molar-refractivity contribution in [1.82, 2.24) is 15.0 Å². The molecule has 0 spiro atoms. The molecule has 0 radical (unpaired) electrons. The van der Waals surface area contributed by atoms with E-state index in [1.807, 2.05) is 25.1 Å². The number of rotatable bonds is 2. The second-order valence-electron chi connectivity index (χ2n) is 2.97. The van der Waals surface area contributed by atoms with Crippen LogP contribution >= 0.6 is 43.6 Å². The molecule has 0 amide bonds. The van der Waals surface area contributed by atoms with Crippen molar-refractivity contribution in [3.63, 3.8) is 0 Å². The fourth-order valence-electron chi connectivity index (χ4n) is 1.10. The Balaban J connectivity index is 2.30. The van der Waals surface area contributed by atoms with Crippen LogP contribution in [0.4, 0.5) is 0 Å². The summed E-state index contributed by atoms with van der Waals surface area (Å²) in [5.41, 5.74) is 0. The van der Waals surface area contributed by atoms with Gasteiger partial charge in [-0.05, 0) is 62.7 Å². The average molecular weight is 361 g/mol. The molecule has 0 unspecified atom stereocenters. The van der Waals surface area contributed by atoms with Crippen molar-refractivity contribution < 1.29 is 0 Å². The molecule has 0 aliphatic carbocycles. The standard InChI is InChI=1S/C10H7Br2N3S/c1-6-14-8(12)5-9(15-6)16-10-7(11)3-2-4-13-10/h2-5H,1H3. The minimum atomic E-state index is 0.740. The molecule has 0 saturated heterocycles. The number of aryl methyl sites for hydroxylation is 1. The molecule has 0 saturated carbocycles. The lowest BCUT2D eigenvalue weighted by Crippen LogP contribution is -1.91. The Hall–Kier alpha value is -0.460. The van der Waals surface area contributed by atoms with Gasteiger partial charge in [-0.1, -0.05) is 0 Å². The van der Waals surface area contributed by atoms with Crippen molar-refractivity contribution in [2.75, 3.05) is 0 Å². The van der Waals surface area contributed by atoms with E-state index in [9.17, 15) is 0 Å². The highest BCUT2D eigenvalue weighted by atomic mass is 79.9. The minimum Gasteiger partial charge on any atom is -0.248 e. The number of pyridine rings is 1. The monoisotopic (exact) mass is 359 g/mol. The maximum absolute atomic E-state index is 4.33. The normalized spacial score (nSPS) is 10.4. The van der Waals surface area contributed by atoms with Gasteiger partial charge >= 0.3 is 0 Å². The zero-order valence-electron chi connectivity index (χ0n) is 8.32. The Morgan fingerprint density at radius 2 is 2.06 bits per heavy atom. The average Bonchev–Trinajstić information content (AvgIpc) is 2.20. The molecular weight excluding hydrogens is 354 g/mol. The van der Waals surface area contributed by atoms with E-state index in [-0.39, 0.29) is 0 Å². The van der Waals surface area contributed by atoms with Gasteiger partial charge in [0.2, 0.25) is 0 Å². The molecule has 0 bridgehead atoms. The summed E-state index contributed by atoms with van der Waals surface area (Å²) in [5, 5.41) is 1.77. The molecule has 2 heterocycles. The van der Waals surface area contributed by atoms with Crippen LogP contribution in [0.2, 0.25) is 0 Å². The van der Waals surface area contributed by atoms with Crippen molar-refractivity contribution in [3.8, 4) is 0 Å². The number of hydrogen-bond donors (Lipinski definition) is 0. The zero-order valence-corrected chi connectivity index (χ0v) is 12.3. The second-order valence-corrected chi connectivity index (χ2v) is 5.64. The molecule has 16 heavy (non-hydrogen) atoms. The minimum absolute atomic E-state index is 0.740. The largest absolute Gasteiger partial charge is 0.248 e. The fraction of sp³-hybridized carbons (Fsp3) is 0.100. The second kappa shape index (κ2) is 5.25. The topological polar surface area (TPSA) is 38.7 Å². The van der Waals surface area contributed by atoms with Gasteiger partial charge in [-0.3, -0.25) is 0 Å². The number of nitrogens with zero attached hydrogens (tertiary/aromatic N) is 3. The van der Waals surface area contributed by atoms with Crippen molar-refractivity contribution in [3.05, 3.63) is 39.3 Å². The predicted molar refractivity (Wildman–Crippen MR) is 70.5 cm³/mol. The molecule has 0 atom stereocenters.